The summed E-state index contributed by atoms with van der Waals surface area (Å²) in [7, 11) is 5.26. The normalized spacial score (nSPS) is 33.4. The number of cyclic esters (lactones) is 1. The Morgan fingerprint density at radius 2 is 1.70 bits per heavy atom. The van der Waals surface area contributed by atoms with Crippen molar-refractivity contribution in [3.05, 3.63) is 35.9 Å². The Bertz CT molecular complexity index is 1330. The third-order valence-corrected chi connectivity index (χ3v) is 9.38. The number of rotatable bonds is 7. The standard InChI is InChI=1S/C37H56N2O11/c1-22-18-37(8,45-11)31(49-34-30(28(38(9)10)17-23(2)47-34)48-33(43)26-15-13-12-14-16-26)24(3)29(41)25(4)32(42)46-21-27(20-40)39(19-22)35(44)50-36(5,6)7/h12-16,20,22-25,27-28,30-31,34H,17-19,21H2,1-11H3/t22-,23-,24+,25?,27-,28+,30-,31-,34+,37-/m1/s1. The molecule has 1 unspecified atom stereocenters. The summed E-state index contributed by atoms with van der Waals surface area (Å²) in [6, 6.07) is 7.14. The van der Waals surface area contributed by atoms with E-state index in [0.29, 0.717) is 18.3 Å². The van der Waals surface area contributed by atoms with Crippen molar-refractivity contribution in [2.45, 2.75) is 116 Å². The molecular weight excluding hydrogens is 648 g/mol. The van der Waals surface area contributed by atoms with E-state index in [-0.39, 0.29) is 31.0 Å². The molecule has 1 amide bonds. The molecule has 13 nitrogen and oxygen atoms in total. The lowest BCUT2D eigenvalue weighted by molar-refractivity contribution is -0.294. The molecule has 13 heteroatoms. The molecule has 0 aliphatic carbocycles. The van der Waals surface area contributed by atoms with Crippen LogP contribution in [0.15, 0.2) is 30.3 Å². The average Bonchev–Trinajstić information content (AvgIpc) is 3.05. The van der Waals surface area contributed by atoms with Crippen molar-refractivity contribution in [1.29, 1.82) is 0 Å². The molecule has 2 heterocycles. The van der Waals surface area contributed by atoms with E-state index >= 15 is 0 Å². The zero-order valence-corrected chi connectivity index (χ0v) is 31.4. The number of Topliss-reactive ketones (excluding diaryl/α,β-unsaturated/α-hetero) is 1. The van der Waals surface area contributed by atoms with Crippen molar-refractivity contribution in [2.24, 2.45) is 17.8 Å². The van der Waals surface area contributed by atoms with Gasteiger partial charge in [0.05, 0.1) is 29.4 Å². The highest BCUT2D eigenvalue weighted by Gasteiger charge is 2.50. The monoisotopic (exact) mass is 704 g/mol. The molecule has 1 aromatic rings. The second-order valence-electron chi connectivity index (χ2n) is 15.1. The Morgan fingerprint density at radius 3 is 2.26 bits per heavy atom. The van der Waals surface area contributed by atoms with Crippen molar-refractivity contribution in [3.63, 3.8) is 0 Å². The van der Waals surface area contributed by atoms with Crippen LogP contribution in [-0.4, -0.2) is 122 Å². The van der Waals surface area contributed by atoms with Crippen LogP contribution >= 0.6 is 0 Å². The van der Waals surface area contributed by atoms with Crippen molar-refractivity contribution < 1.29 is 52.4 Å². The topological polar surface area (TPSA) is 147 Å². The Labute approximate surface area is 296 Å². The number of benzene rings is 1. The van der Waals surface area contributed by atoms with Gasteiger partial charge in [-0.2, -0.15) is 0 Å². The Kier molecular flexibility index (Phi) is 14.1. The van der Waals surface area contributed by atoms with E-state index in [9.17, 15) is 24.0 Å². The van der Waals surface area contributed by atoms with Crippen molar-refractivity contribution in [3.8, 4) is 0 Å². The van der Waals surface area contributed by atoms with Gasteiger partial charge < -0.3 is 38.1 Å². The highest BCUT2D eigenvalue weighted by molar-refractivity contribution is 6.00. The van der Waals surface area contributed by atoms with Gasteiger partial charge >= 0.3 is 18.0 Å². The molecular formula is C37H56N2O11. The fourth-order valence-electron chi connectivity index (χ4n) is 6.70. The molecule has 2 fully saturated rings. The summed E-state index contributed by atoms with van der Waals surface area (Å²) < 4.78 is 36.5. The van der Waals surface area contributed by atoms with Gasteiger partial charge in [0.2, 0.25) is 0 Å². The molecule has 0 saturated carbocycles. The zero-order valence-electron chi connectivity index (χ0n) is 31.4. The van der Waals surface area contributed by atoms with E-state index in [0.717, 1.165) is 0 Å². The second kappa shape index (κ2) is 17.2. The van der Waals surface area contributed by atoms with Crippen LogP contribution in [0.2, 0.25) is 0 Å². The summed E-state index contributed by atoms with van der Waals surface area (Å²) in [5.74, 6) is -4.42. The fourth-order valence-corrected chi connectivity index (χ4v) is 6.70. The summed E-state index contributed by atoms with van der Waals surface area (Å²) in [5.41, 5.74) is -1.71. The number of likely N-dealkylation sites (N-methyl/N-ethyl adjacent to an activating group) is 1. The quantitative estimate of drug-likeness (QED) is 0.173. The Hall–Kier alpha value is -3.39. The number of nitrogens with zero attached hydrogens (tertiary/aromatic N) is 2. The summed E-state index contributed by atoms with van der Waals surface area (Å²) in [4.78, 5) is 69.5. The van der Waals surface area contributed by atoms with Gasteiger partial charge in [-0.15, -0.1) is 0 Å². The molecule has 0 bridgehead atoms. The number of esters is 2. The van der Waals surface area contributed by atoms with Gasteiger partial charge in [0.1, 0.15) is 30.5 Å². The first-order chi connectivity index (χ1) is 23.3. The zero-order chi connectivity index (χ0) is 37.6. The number of carbonyl (C=O) groups excluding carboxylic acids is 5. The first-order valence-electron chi connectivity index (χ1n) is 17.3. The maximum atomic E-state index is 14.0. The van der Waals surface area contributed by atoms with Gasteiger partial charge in [-0.1, -0.05) is 32.0 Å². The van der Waals surface area contributed by atoms with Gasteiger partial charge in [-0.3, -0.25) is 14.5 Å². The number of methoxy groups -OCH3 is 1. The Morgan fingerprint density at radius 1 is 1.06 bits per heavy atom. The molecule has 0 N–H and O–H groups in total. The van der Waals surface area contributed by atoms with Crippen LogP contribution in [0, 0.1) is 17.8 Å². The van der Waals surface area contributed by atoms with Crippen molar-refractivity contribution in [2.75, 3.05) is 34.4 Å². The number of amides is 1. The molecule has 50 heavy (non-hydrogen) atoms. The van der Waals surface area contributed by atoms with Crippen LogP contribution in [0.25, 0.3) is 0 Å². The minimum atomic E-state index is -1.25. The minimum Gasteiger partial charge on any atom is -0.462 e. The van der Waals surface area contributed by atoms with E-state index in [1.807, 2.05) is 32.8 Å². The summed E-state index contributed by atoms with van der Waals surface area (Å²) in [5, 5.41) is 0. The van der Waals surface area contributed by atoms with Gasteiger partial charge in [-0.25, -0.2) is 9.59 Å². The molecule has 0 aromatic heterocycles. The predicted octanol–water partition coefficient (Wildman–Crippen LogP) is 4.30. The first kappa shape index (κ1) is 41.0. The van der Waals surface area contributed by atoms with Crippen molar-refractivity contribution >= 4 is 30.1 Å². The van der Waals surface area contributed by atoms with Gasteiger partial charge in [0, 0.05) is 19.6 Å². The maximum Gasteiger partial charge on any atom is 0.411 e. The maximum absolute atomic E-state index is 14.0. The largest absolute Gasteiger partial charge is 0.462 e. The Balaban J connectivity index is 2.08. The summed E-state index contributed by atoms with van der Waals surface area (Å²) >= 11 is 0. The van der Waals surface area contributed by atoms with Gasteiger partial charge in [0.15, 0.2) is 18.2 Å². The van der Waals surface area contributed by atoms with Crippen LogP contribution in [0.1, 0.15) is 78.6 Å². The molecule has 2 aliphatic rings. The smallest absolute Gasteiger partial charge is 0.411 e. The first-order valence-corrected chi connectivity index (χ1v) is 17.3. The van der Waals surface area contributed by atoms with E-state index in [1.54, 1.807) is 65.0 Å². The number of carbonyl (C=O) groups is 5. The second-order valence-corrected chi connectivity index (χ2v) is 15.1. The number of hydrogen-bond acceptors (Lipinski definition) is 12. The van der Waals surface area contributed by atoms with E-state index < -0.39 is 78.0 Å². The van der Waals surface area contributed by atoms with E-state index in [4.69, 9.17) is 28.4 Å². The van der Waals surface area contributed by atoms with Crippen LogP contribution in [0.4, 0.5) is 4.79 Å². The number of aldehydes is 1. The molecule has 280 valence electrons. The molecule has 2 aliphatic heterocycles. The van der Waals surface area contributed by atoms with Crippen LogP contribution in [-0.2, 0) is 42.8 Å². The molecule has 0 radical (unpaired) electrons. The minimum absolute atomic E-state index is 0.0381. The van der Waals surface area contributed by atoms with Gasteiger partial charge in [-0.05, 0) is 86.5 Å². The lowest BCUT2D eigenvalue weighted by Crippen LogP contribution is -2.60. The van der Waals surface area contributed by atoms with Crippen LogP contribution in [0.3, 0.4) is 0 Å². The SMILES string of the molecule is CO[C@]1(C)C[C@@H](C)CN(C(=O)OC(C)(C)C)[C@H](C=O)COC(=O)C(C)C(=O)[C@H](C)[C@H]1O[C@@H]1O[C@H](C)C[C@H](N(C)C)[C@H]1OC(=O)c1ccccc1. The molecule has 0 spiro atoms. The highest BCUT2D eigenvalue weighted by atomic mass is 16.7. The third-order valence-electron chi connectivity index (χ3n) is 9.38. The number of hydrogen-bond donors (Lipinski definition) is 0. The van der Waals surface area contributed by atoms with Crippen LogP contribution < -0.4 is 0 Å². The average molecular weight is 705 g/mol. The predicted molar refractivity (Wildman–Crippen MR) is 183 cm³/mol. The highest BCUT2D eigenvalue weighted by Crippen LogP contribution is 2.37. The molecule has 2 saturated heterocycles. The number of ketones is 1. The van der Waals surface area contributed by atoms with Crippen molar-refractivity contribution in [1.82, 2.24) is 9.80 Å². The fraction of sp³-hybridized carbons (Fsp3) is 0.703. The third kappa shape index (κ3) is 10.3. The molecule has 3 rings (SSSR count). The molecule has 10 atom stereocenters. The lowest BCUT2D eigenvalue weighted by Gasteiger charge is -2.47. The summed E-state index contributed by atoms with van der Waals surface area (Å²) in [6.07, 6.45) is -2.81. The van der Waals surface area contributed by atoms with Crippen LogP contribution in [0.5, 0.6) is 0 Å². The van der Waals surface area contributed by atoms with Gasteiger partial charge in [0.25, 0.3) is 0 Å². The van der Waals surface area contributed by atoms with E-state index in [1.165, 1.54) is 18.9 Å². The molecule has 1 aromatic carbocycles. The summed E-state index contributed by atoms with van der Waals surface area (Å²) in [6.45, 7) is 13.4. The number of ether oxygens (including phenoxy) is 6. The van der Waals surface area contributed by atoms with E-state index in [2.05, 4.69) is 0 Å². The lowest BCUT2D eigenvalue weighted by atomic mass is 9.78.